The second kappa shape index (κ2) is 19.5. The number of carboxylic acids is 1. The predicted molar refractivity (Wildman–Crippen MR) is 102 cm³/mol. The fourth-order valence-corrected chi connectivity index (χ4v) is 2.34. The van der Waals surface area contributed by atoms with Crippen LogP contribution >= 0.6 is 0 Å². The first-order valence-corrected chi connectivity index (χ1v) is 8.90. The summed E-state index contributed by atoms with van der Waals surface area (Å²) in [5, 5.41) is 8.96. The fraction of sp³-hybridized carbons (Fsp3) is 0.650. The zero-order valence-electron chi connectivity index (χ0n) is 15.2. The van der Waals surface area contributed by atoms with E-state index in [2.05, 4.69) is 43.4 Å². The zero-order valence-corrected chi connectivity index (χ0v) is 16.6. The van der Waals surface area contributed by atoms with Crippen LogP contribution in [0.25, 0.3) is 0 Å². The number of aliphatic carboxylic acids is 1. The van der Waals surface area contributed by atoms with E-state index < -0.39 is 5.97 Å². The van der Waals surface area contributed by atoms with Crippen LogP contribution < -0.4 is 0 Å². The van der Waals surface area contributed by atoms with Crippen molar-refractivity contribution in [3.63, 3.8) is 0 Å². The van der Waals surface area contributed by atoms with Crippen molar-refractivity contribution < 1.29 is 9.90 Å². The second-order valence-corrected chi connectivity index (χ2v) is 5.73. The Morgan fingerprint density at radius 3 is 2.00 bits per heavy atom. The van der Waals surface area contributed by atoms with Gasteiger partial charge in [-0.3, -0.25) is 4.79 Å². The molecule has 0 aromatic carbocycles. The largest absolute Gasteiger partial charge is 2.00 e. The van der Waals surface area contributed by atoms with E-state index in [4.69, 9.17) is 5.11 Å². The molecule has 1 unspecified atom stereocenters. The summed E-state index contributed by atoms with van der Waals surface area (Å²) in [5.41, 5.74) is 0. The van der Waals surface area contributed by atoms with Gasteiger partial charge in [0.15, 0.2) is 0 Å². The number of unbranched alkanes of at least 4 members (excludes halogenated alkanes) is 4. The Labute approximate surface area is 159 Å². The first kappa shape index (κ1) is 24.7. The molecule has 0 amide bonds. The molecule has 0 bridgehead atoms. The first-order chi connectivity index (χ1) is 10.7. The molecule has 1 N–H and O–H groups in total. The quantitative estimate of drug-likeness (QED) is 0.244. The van der Waals surface area contributed by atoms with Gasteiger partial charge in [0.25, 0.3) is 0 Å². The summed E-state index contributed by atoms with van der Waals surface area (Å²) in [7, 11) is 0. The van der Waals surface area contributed by atoms with Crippen LogP contribution in [0.15, 0.2) is 36.5 Å². The van der Waals surface area contributed by atoms with Gasteiger partial charge >= 0.3 is 29.0 Å². The summed E-state index contributed by atoms with van der Waals surface area (Å²) in [6, 6.07) is 0. The SMILES string of the molecule is CC/C=C/C/C=C/C/C=C/CCCCCCC(CC)C(=O)O.[Mg+2]. The molecule has 0 aliphatic carbocycles. The van der Waals surface area contributed by atoms with Gasteiger partial charge in [-0.1, -0.05) is 69.6 Å². The molecular formula is C20H34MgO2+2. The van der Waals surface area contributed by atoms with Gasteiger partial charge in [0.05, 0.1) is 5.92 Å². The Morgan fingerprint density at radius 2 is 1.43 bits per heavy atom. The van der Waals surface area contributed by atoms with E-state index in [-0.39, 0.29) is 29.0 Å². The topological polar surface area (TPSA) is 37.3 Å². The van der Waals surface area contributed by atoms with Crippen molar-refractivity contribution >= 4 is 29.0 Å². The van der Waals surface area contributed by atoms with Crippen molar-refractivity contribution in [3.05, 3.63) is 36.5 Å². The molecule has 0 fully saturated rings. The first-order valence-electron chi connectivity index (χ1n) is 8.90. The Kier molecular flexibility index (Phi) is 20.9. The van der Waals surface area contributed by atoms with Gasteiger partial charge in [-0.05, 0) is 44.9 Å². The van der Waals surface area contributed by atoms with Crippen LogP contribution in [-0.4, -0.2) is 34.1 Å². The average molecular weight is 331 g/mol. The predicted octanol–water partition coefficient (Wildman–Crippen LogP) is 5.92. The molecule has 0 aliphatic rings. The van der Waals surface area contributed by atoms with Crippen LogP contribution in [0.4, 0.5) is 0 Å². The second-order valence-electron chi connectivity index (χ2n) is 5.73. The molecule has 2 nitrogen and oxygen atoms in total. The van der Waals surface area contributed by atoms with Crippen LogP contribution in [0.3, 0.4) is 0 Å². The van der Waals surface area contributed by atoms with Gasteiger partial charge in [0.1, 0.15) is 0 Å². The minimum absolute atomic E-state index is 0. The Morgan fingerprint density at radius 1 is 0.870 bits per heavy atom. The maximum absolute atomic E-state index is 10.9. The smallest absolute Gasteiger partial charge is 0.481 e. The minimum Gasteiger partial charge on any atom is -0.481 e. The molecule has 0 aromatic rings. The Bertz CT molecular complexity index is 346. The Hall–Kier alpha value is -0.544. The average Bonchev–Trinajstić information content (AvgIpc) is 2.51. The van der Waals surface area contributed by atoms with Crippen LogP contribution in [0.2, 0.25) is 0 Å². The summed E-state index contributed by atoms with van der Waals surface area (Å²) < 4.78 is 0. The van der Waals surface area contributed by atoms with Crippen LogP contribution in [-0.2, 0) is 4.79 Å². The molecule has 0 saturated heterocycles. The molecule has 0 aromatic heterocycles. The van der Waals surface area contributed by atoms with E-state index in [1.165, 1.54) is 12.8 Å². The molecule has 126 valence electrons. The van der Waals surface area contributed by atoms with Gasteiger partial charge < -0.3 is 5.11 Å². The molecule has 0 rings (SSSR count). The molecule has 1 atom stereocenters. The standard InChI is InChI=1S/C20H34O2.Mg/c1-3-5-6-7-8-9-10-11-12-13-14-15-16-17-18-19(4-2)20(21)22;/h5-6,8-9,11-12,19H,3-4,7,10,13-18H2,1-2H3,(H,21,22);/q;+2/b6-5+,9-8+,12-11+;. The van der Waals surface area contributed by atoms with Crippen molar-refractivity contribution in [2.45, 2.75) is 78.1 Å². The van der Waals surface area contributed by atoms with Crippen LogP contribution in [0.1, 0.15) is 78.1 Å². The molecule has 0 saturated carbocycles. The van der Waals surface area contributed by atoms with Crippen molar-refractivity contribution in [2.24, 2.45) is 5.92 Å². The summed E-state index contributed by atoms with van der Waals surface area (Å²) in [5.74, 6) is -0.775. The van der Waals surface area contributed by atoms with E-state index in [9.17, 15) is 4.79 Å². The summed E-state index contributed by atoms with van der Waals surface area (Å²) in [6.45, 7) is 4.11. The number of hydrogen-bond acceptors (Lipinski definition) is 1. The number of hydrogen-bond donors (Lipinski definition) is 1. The van der Waals surface area contributed by atoms with Gasteiger partial charge in [-0.2, -0.15) is 0 Å². The van der Waals surface area contributed by atoms with E-state index >= 15 is 0 Å². The van der Waals surface area contributed by atoms with Gasteiger partial charge in [-0.25, -0.2) is 0 Å². The summed E-state index contributed by atoms with van der Waals surface area (Å²) >= 11 is 0. The van der Waals surface area contributed by atoms with E-state index in [1.807, 2.05) is 6.92 Å². The molecular weight excluding hydrogens is 297 g/mol. The minimum atomic E-state index is -0.635. The van der Waals surface area contributed by atoms with Crippen molar-refractivity contribution in [2.75, 3.05) is 0 Å². The van der Waals surface area contributed by atoms with Crippen molar-refractivity contribution in [1.82, 2.24) is 0 Å². The third-order valence-corrected chi connectivity index (χ3v) is 3.80. The summed E-state index contributed by atoms with van der Waals surface area (Å²) in [4.78, 5) is 10.9. The Balaban J connectivity index is 0. The monoisotopic (exact) mass is 330 g/mol. The maximum Gasteiger partial charge on any atom is 2.00 e. The normalized spacial score (nSPS) is 13.0. The molecule has 0 aliphatic heterocycles. The molecule has 23 heavy (non-hydrogen) atoms. The van der Waals surface area contributed by atoms with Gasteiger partial charge in [-0.15, -0.1) is 0 Å². The fourth-order valence-electron chi connectivity index (χ4n) is 2.34. The van der Waals surface area contributed by atoms with Crippen molar-refractivity contribution in [1.29, 1.82) is 0 Å². The molecule has 0 spiro atoms. The number of carboxylic acid groups (broad SMARTS) is 1. The molecule has 3 heteroatoms. The van der Waals surface area contributed by atoms with E-state index in [0.29, 0.717) is 0 Å². The summed E-state index contributed by atoms with van der Waals surface area (Å²) in [6.07, 6.45) is 23.8. The van der Waals surface area contributed by atoms with Gasteiger partial charge in [0.2, 0.25) is 0 Å². The number of carbonyl (C=O) groups is 1. The van der Waals surface area contributed by atoms with E-state index in [0.717, 1.165) is 51.4 Å². The number of rotatable bonds is 14. The van der Waals surface area contributed by atoms with Crippen LogP contribution in [0.5, 0.6) is 0 Å². The zero-order chi connectivity index (χ0) is 16.5. The molecule has 0 heterocycles. The third-order valence-electron chi connectivity index (χ3n) is 3.80. The van der Waals surface area contributed by atoms with Crippen LogP contribution in [0, 0.1) is 5.92 Å². The van der Waals surface area contributed by atoms with Gasteiger partial charge in [0, 0.05) is 0 Å². The number of allylic oxidation sites excluding steroid dienone is 6. The third kappa shape index (κ3) is 17.6. The maximum atomic E-state index is 10.9. The van der Waals surface area contributed by atoms with E-state index in [1.54, 1.807) is 0 Å². The van der Waals surface area contributed by atoms with Crippen molar-refractivity contribution in [3.8, 4) is 0 Å². The molecule has 0 radical (unpaired) electrons.